The zero-order valence-corrected chi connectivity index (χ0v) is 14.7. The third-order valence-corrected chi connectivity index (χ3v) is 9.83. The molecule has 0 aromatic carbocycles. The molecule has 0 N–H and O–H groups in total. The van der Waals surface area contributed by atoms with E-state index in [9.17, 15) is 0 Å². The average Bonchev–Trinajstić information content (AvgIpc) is 2.69. The molecule has 2 rings (SSSR count). The average molecular weight is 314 g/mol. The van der Waals surface area contributed by atoms with E-state index in [1.54, 1.807) is 17.5 Å². The number of hydrogen-bond acceptors (Lipinski definition) is 3. The molecule has 19 heavy (non-hydrogen) atoms. The smallest absolute Gasteiger partial charge is 0.192 e. The lowest BCUT2D eigenvalue weighted by molar-refractivity contribution is 0.279. The Labute approximate surface area is 124 Å². The van der Waals surface area contributed by atoms with E-state index < -0.39 is 8.32 Å². The van der Waals surface area contributed by atoms with Crippen molar-refractivity contribution in [3.05, 3.63) is 28.2 Å². The number of thiophene rings is 1. The topological polar surface area (TPSA) is 22.1 Å². The molecule has 0 atom stereocenters. The van der Waals surface area contributed by atoms with E-state index in [0.29, 0.717) is 6.61 Å². The van der Waals surface area contributed by atoms with Crippen LogP contribution in [0.15, 0.2) is 18.3 Å². The SMILES string of the molecule is CC(C)(C)[Si](C)(C)OCc1cc2nccc(Cl)c2s1. The normalized spacial score (nSPS) is 13.2. The number of pyridine rings is 1. The molecule has 0 aliphatic rings. The third-order valence-electron chi connectivity index (χ3n) is 3.80. The molecule has 0 aliphatic heterocycles. The molecule has 0 radical (unpaired) electrons. The second kappa shape index (κ2) is 5.17. The Morgan fingerprint density at radius 1 is 1.37 bits per heavy atom. The van der Waals surface area contributed by atoms with Crippen LogP contribution in [-0.4, -0.2) is 13.3 Å². The molecule has 0 saturated heterocycles. The largest absolute Gasteiger partial charge is 0.412 e. The number of hydrogen-bond donors (Lipinski definition) is 0. The van der Waals surface area contributed by atoms with E-state index in [-0.39, 0.29) is 5.04 Å². The van der Waals surface area contributed by atoms with Gasteiger partial charge in [0.2, 0.25) is 0 Å². The van der Waals surface area contributed by atoms with Crippen LogP contribution in [0.3, 0.4) is 0 Å². The van der Waals surface area contributed by atoms with Crippen LogP contribution in [0.5, 0.6) is 0 Å². The fourth-order valence-corrected chi connectivity index (χ4v) is 3.75. The third kappa shape index (κ3) is 3.19. The van der Waals surface area contributed by atoms with Crippen LogP contribution in [-0.2, 0) is 11.0 Å². The van der Waals surface area contributed by atoms with Crippen molar-refractivity contribution in [1.29, 1.82) is 0 Å². The summed E-state index contributed by atoms with van der Waals surface area (Å²) in [6.45, 7) is 12.0. The summed E-state index contributed by atoms with van der Waals surface area (Å²) in [6, 6.07) is 3.91. The monoisotopic (exact) mass is 313 g/mol. The molecule has 2 heterocycles. The van der Waals surface area contributed by atoms with Crippen molar-refractivity contribution in [3.8, 4) is 0 Å². The molecule has 104 valence electrons. The Kier molecular flexibility index (Phi) is 4.07. The van der Waals surface area contributed by atoms with Gasteiger partial charge >= 0.3 is 0 Å². The van der Waals surface area contributed by atoms with Crippen LogP contribution in [0.1, 0.15) is 25.6 Å². The number of halogens is 1. The molecular formula is C14H20ClNOSSi. The fraction of sp³-hybridized carbons (Fsp3) is 0.500. The Morgan fingerprint density at radius 2 is 2.05 bits per heavy atom. The minimum absolute atomic E-state index is 0.236. The highest BCUT2D eigenvalue weighted by atomic mass is 35.5. The van der Waals surface area contributed by atoms with Crippen LogP contribution < -0.4 is 0 Å². The molecule has 0 amide bonds. The van der Waals surface area contributed by atoms with Crippen molar-refractivity contribution < 1.29 is 4.43 Å². The van der Waals surface area contributed by atoms with Crippen LogP contribution >= 0.6 is 22.9 Å². The highest BCUT2D eigenvalue weighted by Crippen LogP contribution is 2.38. The van der Waals surface area contributed by atoms with Crippen molar-refractivity contribution in [2.24, 2.45) is 0 Å². The van der Waals surface area contributed by atoms with Gasteiger partial charge in [0.1, 0.15) is 0 Å². The second-order valence-electron chi connectivity index (χ2n) is 6.27. The van der Waals surface area contributed by atoms with E-state index in [1.807, 2.05) is 6.07 Å². The first-order valence-corrected chi connectivity index (χ1v) is 10.5. The summed E-state index contributed by atoms with van der Waals surface area (Å²) in [4.78, 5) is 5.53. The van der Waals surface area contributed by atoms with E-state index in [1.165, 1.54) is 4.88 Å². The summed E-state index contributed by atoms with van der Waals surface area (Å²) in [5.74, 6) is 0. The van der Waals surface area contributed by atoms with Gasteiger partial charge in [-0.2, -0.15) is 0 Å². The van der Waals surface area contributed by atoms with Crippen molar-refractivity contribution >= 4 is 41.5 Å². The van der Waals surface area contributed by atoms with Crippen LogP contribution in [0.2, 0.25) is 23.2 Å². The lowest BCUT2D eigenvalue weighted by Gasteiger charge is -2.35. The zero-order chi connectivity index (χ0) is 14.3. The highest BCUT2D eigenvalue weighted by molar-refractivity contribution is 7.19. The summed E-state index contributed by atoms with van der Waals surface area (Å²) in [7, 11) is -1.70. The predicted octanol–water partition coefficient (Wildman–Crippen LogP) is 5.47. The summed E-state index contributed by atoms with van der Waals surface area (Å²) >= 11 is 7.85. The quantitative estimate of drug-likeness (QED) is 0.701. The van der Waals surface area contributed by atoms with E-state index in [2.05, 4.69) is 44.9 Å². The number of fused-ring (bicyclic) bond motifs is 1. The van der Waals surface area contributed by atoms with E-state index in [4.69, 9.17) is 16.0 Å². The summed E-state index contributed by atoms with van der Waals surface area (Å²) in [5, 5.41) is 1.01. The van der Waals surface area contributed by atoms with Gasteiger partial charge in [0.25, 0.3) is 0 Å². The lowest BCUT2D eigenvalue weighted by Crippen LogP contribution is -2.40. The van der Waals surface area contributed by atoms with Gasteiger partial charge in [-0.25, -0.2) is 0 Å². The molecule has 0 bridgehead atoms. The van der Waals surface area contributed by atoms with Crippen molar-refractivity contribution in [1.82, 2.24) is 4.98 Å². The first kappa shape index (κ1) is 15.0. The van der Waals surface area contributed by atoms with Crippen molar-refractivity contribution in [2.45, 2.75) is 45.5 Å². The molecule has 2 aromatic rings. The minimum Gasteiger partial charge on any atom is -0.412 e. The van der Waals surface area contributed by atoms with Gasteiger partial charge in [0.15, 0.2) is 8.32 Å². The standard InChI is InChI=1S/C14H20ClNOSSi/c1-14(2,3)19(4,5)17-9-10-8-12-13(18-10)11(15)6-7-16-12/h6-8H,9H2,1-5H3. The molecular weight excluding hydrogens is 294 g/mol. The van der Waals surface area contributed by atoms with Crippen molar-refractivity contribution in [2.75, 3.05) is 0 Å². The molecule has 0 unspecified atom stereocenters. The Morgan fingerprint density at radius 3 is 2.63 bits per heavy atom. The van der Waals surface area contributed by atoms with Gasteiger partial charge in [-0.15, -0.1) is 11.3 Å². The van der Waals surface area contributed by atoms with Crippen LogP contribution in [0.25, 0.3) is 10.2 Å². The van der Waals surface area contributed by atoms with Gasteiger partial charge < -0.3 is 4.43 Å². The number of nitrogens with zero attached hydrogens (tertiary/aromatic N) is 1. The van der Waals surface area contributed by atoms with Gasteiger partial charge in [-0.05, 0) is 30.3 Å². The number of rotatable bonds is 3. The maximum Gasteiger partial charge on any atom is 0.192 e. The maximum absolute atomic E-state index is 6.23. The second-order valence-corrected chi connectivity index (χ2v) is 12.6. The molecule has 0 fully saturated rings. The van der Waals surface area contributed by atoms with Crippen molar-refractivity contribution in [3.63, 3.8) is 0 Å². The first-order chi connectivity index (χ1) is 8.71. The van der Waals surface area contributed by atoms with Crippen LogP contribution in [0, 0.1) is 0 Å². The fourth-order valence-electron chi connectivity index (χ4n) is 1.50. The summed E-state index contributed by atoms with van der Waals surface area (Å²) in [5.41, 5.74) is 0.964. The molecule has 0 spiro atoms. The van der Waals surface area contributed by atoms with E-state index >= 15 is 0 Å². The minimum atomic E-state index is -1.70. The summed E-state index contributed by atoms with van der Waals surface area (Å²) in [6.07, 6.45) is 1.75. The Bertz CT molecular complexity index is 589. The molecule has 5 heteroatoms. The molecule has 0 saturated carbocycles. The lowest BCUT2D eigenvalue weighted by atomic mass is 10.2. The first-order valence-electron chi connectivity index (χ1n) is 6.37. The Balaban J connectivity index is 2.17. The highest BCUT2D eigenvalue weighted by Gasteiger charge is 2.37. The molecule has 2 aromatic heterocycles. The molecule has 2 nitrogen and oxygen atoms in total. The Hall–Kier alpha value is -0.423. The van der Waals surface area contributed by atoms with E-state index in [0.717, 1.165) is 15.2 Å². The number of aromatic nitrogens is 1. The predicted molar refractivity (Wildman–Crippen MR) is 86.6 cm³/mol. The van der Waals surface area contributed by atoms with Gasteiger partial charge in [-0.3, -0.25) is 4.98 Å². The maximum atomic E-state index is 6.23. The zero-order valence-electron chi connectivity index (χ0n) is 12.1. The van der Waals surface area contributed by atoms with Gasteiger partial charge in [0, 0.05) is 11.1 Å². The van der Waals surface area contributed by atoms with Gasteiger partial charge in [0.05, 0.1) is 21.8 Å². The van der Waals surface area contributed by atoms with Crippen LogP contribution in [0.4, 0.5) is 0 Å². The summed E-state index contributed by atoms with van der Waals surface area (Å²) < 4.78 is 7.28. The molecule has 0 aliphatic carbocycles. The van der Waals surface area contributed by atoms with Gasteiger partial charge in [-0.1, -0.05) is 32.4 Å².